The second-order valence-corrected chi connectivity index (χ2v) is 4.18. The minimum atomic E-state index is -0.528. The van der Waals surface area contributed by atoms with Crippen molar-refractivity contribution in [1.82, 2.24) is 0 Å². The zero-order valence-electron chi connectivity index (χ0n) is 9.93. The number of ether oxygens (including phenoxy) is 1. The summed E-state index contributed by atoms with van der Waals surface area (Å²) in [4.78, 5) is 11.5. The predicted octanol–water partition coefficient (Wildman–Crippen LogP) is 2.47. The molecule has 0 aromatic heterocycles. The van der Waals surface area contributed by atoms with Gasteiger partial charge in [0.25, 0.3) is 0 Å². The van der Waals surface area contributed by atoms with Gasteiger partial charge in [-0.3, -0.25) is 0 Å². The van der Waals surface area contributed by atoms with Crippen molar-refractivity contribution >= 4 is 11.8 Å². The van der Waals surface area contributed by atoms with Crippen LogP contribution in [0, 0.1) is 12.8 Å². The molecule has 0 radical (unpaired) electrons. The standard InChI is InChI=1S/C12H18N2O2/c1-9(2)8-16-12(15)14(13)11-6-4-5-10(3)7-11/h4-7,9H,8,13H2,1-3H3. The third-order valence-electron chi connectivity index (χ3n) is 2.02. The molecule has 1 rings (SSSR count). The van der Waals surface area contributed by atoms with Crippen LogP contribution in [-0.2, 0) is 4.74 Å². The molecule has 88 valence electrons. The van der Waals surface area contributed by atoms with Crippen molar-refractivity contribution in [3.63, 3.8) is 0 Å². The second kappa shape index (κ2) is 5.51. The van der Waals surface area contributed by atoms with E-state index in [-0.39, 0.29) is 0 Å². The summed E-state index contributed by atoms with van der Waals surface area (Å²) in [5.41, 5.74) is 1.68. The first-order valence-corrected chi connectivity index (χ1v) is 5.29. The van der Waals surface area contributed by atoms with Crippen LogP contribution >= 0.6 is 0 Å². The highest BCUT2D eigenvalue weighted by Gasteiger charge is 2.13. The van der Waals surface area contributed by atoms with Gasteiger partial charge in [-0.25, -0.2) is 15.6 Å². The molecule has 0 spiro atoms. The van der Waals surface area contributed by atoms with Gasteiger partial charge < -0.3 is 4.74 Å². The third kappa shape index (κ3) is 3.55. The smallest absolute Gasteiger partial charge is 0.428 e. The lowest BCUT2D eigenvalue weighted by Crippen LogP contribution is -2.38. The number of nitrogens with zero attached hydrogens (tertiary/aromatic N) is 1. The first-order chi connectivity index (χ1) is 7.50. The molecule has 16 heavy (non-hydrogen) atoms. The average molecular weight is 222 g/mol. The van der Waals surface area contributed by atoms with E-state index in [0.717, 1.165) is 10.6 Å². The van der Waals surface area contributed by atoms with E-state index < -0.39 is 6.09 Å². The highest BCUT2D eigenvalue weighted by molar-refractivity contribution is 5.86. The lowest BCUT2D eigenvalue weighted by molar-refractivity contribution is 0.140. The lowest BCUT2D eigenvalue weighted by atomic mass is 10.2. The Morgan fingerprint density at radius 3 is 2.75 bits per heavy atom. The van der Waals surface area contributed by atoms with Crippen molar-refractivity contribution in [3.8, 4) is 0 Å². The van der Waals surface area contributed by atoms with Crippen LogP contribution in [0.3, 0.4) is 0 Å². The third-order valence-corrected chi connectivity index (χ3v) is 2.02. The van der Waals surface area contributed by atoms with Crippen LogP contribution < -0.4 is 10.9 Å². The van der Waals surface area contributed by atoms with Crippen LogP contribution in [0.2, 0.25) is 0 Å². The topological polar surface area (TPSA) is 55.6 Å². The van der Waals surface area contributed by atoms with E-state index in [1.54, 1.807) is 6.07 Å². The number of hydrazine groups is 1. The van der Waals surface area contributed by atoms with E-state index >= 15 is 0 Å². The van der Waals surface area contributed by atoms with E-state index in [2.05, 4.69) is 0 Å². The van der Waals surface area contributed by atoms with Crippen molar-refractivity contribution < 1.29 is 9.53 Å². The predicted molar refractivity (Wildman–Crippen MR) is 64.0 cm³/mol. The number of carbonyl (C=O) groups excluding carboxylic acids is 1. The SMILES string of the molecule is Cc1cccc(N(N)C(=O)OCC(C)C)c1. The van der Waals surface area contributed by atoms with Crippen molar-refractivity contribution in [2.24, 2.45) is 11.8 Å². The summed E-state index contributed by atoms with van der Waals surface area (Å²) in [6.45, 7) is 6.26. The number of hydrogen-bond donors (Lipinski definition) is 1. The molecule has 0 aliphatic heterocycles. The summed E-state index contributed by atoms with van der Waals surface area (Å²) in [7, 11) is 0. The average Bonchev–Trinajstić information content (AvgIpc) is 2.24. The normalized spacial score (nSPS) is 10.3. The van der Waals surface area contributed by atoms with Crippen LogP contribution in [0.5, 0.6) is 0 Å². The number of anilines is 1. The molecule has 0 fully saturated rings. The summed E-state index contributed by atoms with van der Waals surface area (Å²) in [5.74, 6) is 5.95. The van der Waals surface area contributed by atoms with Gasteiger partial charge in [-0.05, 0) is 30.5 Å². The molecule has 2 N–H and O–H groups in total. The largest absolute Gasteiger partial charge is 0.448 e. The first-order valence-electron chi connectivity index (χ1n) is 5.29. The number of carbonyl (C=O) groups is 1. The van der Waals surface area contributed by atoms with Gasteiger partial charge in [-0.2, -0.15) is 0 Å². The Morgan fingerprint density at radius 1 is 1.50 bits per heavy atom. The molecule has 0 saturated carbocycles. The lowest BCUT2D eigenvalue weighted by Gasteiger charge is -2.17. The van der Waals surface area contributed by atoms with E-state index in [1.165, 1.54) is 0 Å². The van der Waals surface area contributed by atoms with Crippen LogP contribution in [0.25, 0.3) is 0 Å². The molecule has 4 heteroatoms. The fourth-order valence-electron chi connectivity index (χ4n) is 1.19. The monoisotopic (exact) mass is 222 g/mol. The Balaban J connectivity index is 2.63. The van der Waals surface area contributed by atoms with E-state index in [4.69, 9.17) is 10.6 Å². The maximum absolute atomic E-state index is 11.5. The number of rotatable bonds is 3. The van der Waals surface area contributed by atoms with Crippen LogP contribution in [0.15, 0.2) is 24.3 Å². The van der Waals surface area contributed by atoms with Crippen molar-refractivity contribution in [2.45, 2.75) is 20.8 Å². The minimum absolute atomic E-state index is 0.301. The van der Waals surface area contributed by atoms with Crippen molar-refractivity contribution in [3.05, 3.63) is 29.8 Å². The summed E-state index contributed by atoms with van der Waals surface area (Å²) in [6, 6.07) is 7.39. The molecule has 0 aliphatic rings. The number of amides is 1. The summed E-state index contributed by atoms with van der Waals surface area (Å²) >= 11 is 0. The summed E-state index contributed by atoms with van der Waals surface area (Å²) in [5, 5.41) is 1.02. The van der Waals surface area contributed by atoms with Crippen molar-refractivity contribution in [1.29, 1.82) is 0 Å². The Kier molecular flexibility index (Phi) is 4.31. The van der Waals surface area contributed by atoms with E-state index in [9.17, 15) is 4.79 Å². The fourth-order valence-corrected chi connectivity index (χ4v) is 1.19. The van der Waals surface area contributed by atoms with Crippen molar-refractivity contribution in [2.75, 3.05) is 11.6 Å². The summed E-state index contributed by atoms with van der Waals surface area (Å²) < 4.78 is 5.02. The molecule has 1 aromatic carbocycles. The molecule has 0 atom stereocenters. The maximum Gasteiger partial charge on any atom is 0.428 e. The van der Waals surface area contributed by atoms with Gasteiger partial charge in [-0.1, -0.05) is 26.0 Å². The van der Waals surface area contributed by atoms with Gasteiger partial charge in [0.15, 0.2) is 0 Å². The van der Waals surface area contributed by atoms with E-state index in [1.807, 2.05) is 39.0 Å². The Hall–Kier alpha value is -1.55. The molecule has 1 amide bonds. The number of benzene rings is 1. The molecule has 0 heterocycles. The van der Waals surface area contributed by atoms with Crippen LogP contribution in [0.1, 0.15) is 19.4 Å². The molecular weight excluding hydrogens is 204 g/mol. The molecule has 0 bridgehead atoms. The maximum atomic E-state index is 11.5. The minimum Gasteiger partial charge on any atom is -0.448 e. The number of hydrogen-bond acceptors (Lipinski definition) is 3. The quantitative estimate of drug-likeness (QED) is 0.485. The Morgan fingerprint density at radius 2 is 2.19 bits per heavy atom. The molecule has 0 saturated heterocycles. The zero-order valence-corrected chi connectivity index (χ0v) is 9.93. The van der Waals surface area contributed by atoms with Crippen LogP contribution in [-0.4, -0.2) is 12.7 Å². The molecule has 0 aliphatic carbocycles. The molecular formula is C12H18N2O2. The highest BCUT2D eigenvalue weighted by atomic mass is 16.6. The Bertz CT molecular complexity index is 364. The van der Waals surface area contributed by atoms with Crippen LogP contribution in [0.4, 0.5) is 10.5 Å². The number of aryl methyl sites for hydroxylation is 1. The zero-order chi connectivity index (χ0) is 12.1. The molecule has 0 unspecified atom stereocenters. The molecule has 4 nitrogen and oxygen atoms in total. The van der Waals surface area contributed by atoms with Gasteiger partial charge in [0.05, 0.1) is 12.3 Å². The van der Waals surface area contributed by atoms with Gasteiger partial charge >= 0.3 is 6.09 Å². The molecule has 1 aromatic rings. The van der Waals surface area contributed by atoms with Gasteiger partial charge in [0.1, 0.15) is 0 Å². The van der Waals surface area contributed by atoms with Gasteiger partial charge in [-0.15, -0.1) is 0 Å². The second-order valence-electron chi connectivity index (χ2n) is 4.18. The number of nitrogens with two attached hydrogens (primary N) is 1. The first kappa shape index (κ1) is 12.5. The highest BCUT2D eigenvalue weighted by Crippen LogP contribution is 2.13. The van der Waals surface area contributed by atoms with Gasteiger partial charge in [0, 0.05) is 0 Å². The summed E-state index contributed by atoms with van der Waals surface area (Å²) in [6.07, 6.45) is -0.528. The van der Waals surface area contributed by atoms with Gasteiger partial charge in [0.2, 0.25) is 0 Å². The fraction of sp³-hybridized carbons (Fsp3) is 0.417. The Labute approximate surface area is 96.0 Å². The van der Waals surface area contributed by atoms with E-state index in [0.29, 0.717) is 18.2 Å².